The number of pyridine rings is 1. The second kappa shape index (κ2) is 8.20. The van der Waals surface area contributed by atoms with Gasteiger partial charge in [-0.3, -0.25) is 9.59 Å². The van der Waals surface area contributed by atoms with Gasteiger partial charge in [-0.25, -0.2) is 4.72 Å². The van der Waals surface area contributed by atoms with Crippen LogP contribution in [0.5, 0.6) is 5.88 Å². The second-order valence-electron chi connectivity index (χ2n) is 6.35. The van der Waals surface area contributed by atoms with Crippen LogP contribution in [0.4, 0.5) is 18.9 Å². The maximum Gasteiger partial charge on any atom is 0.421 e. The minimum atomic E-state index is -5.31. The monoisotopic (exact) mass is 467 g/mol. The molecule has 0 atom stereocenters. The third-order valence-electron chi connectivity index (χ3n) is 3.52. The summed E-state index contributed by atoms with van der Waals surface area (Å²) in [5.41, 5.74) is -5.03. The zero-order chi connectivity index (χ0) is 22.9. The average Bonchev–Trinajstić information content (AvgIpc) is 3.13. The molecule has 0 saturated carbocycles. The van der Waals surface area contributed by atoms with Crippen LogP contribution < -0.4 is 14.8 Å². The van der Waals surface area contributed by atoms with Gasteiger partial charge in [-0.15, -0.1) is 0 Å². The summed E-state index contributed by atoms with van der Waals surface area (Å²) >= 11 is 1.07. The molecule has 2 heterocycles. The Morgan fingerprint density at radius 1 is 1.27 bits per heavy atom. The summed E-state index contributed by atoms with van der Waals surface area (Å²) in [5.74, 6) is -3.00. The molecule has 0 spiro atoms. The fourth-order valence-electron chi connectivity index (χ4n) is 2.07. The van der Waals surface area contributed by atoms with Crippen LogP contribution in [0.3, 0.4) is 0 Å². The van der Waals surface area contributed by atoms with Crippen LogP contribution in [0.1, 0.15) is 29.8 Å². The molecule has 30 heavy (non-hydrogen) atoms. The summed E-state index contributed by atoms with van der Waals surface area (Å²) in [6, 6.07) is 1.92. The number of thiophene rings is 1. The van der Waals surface area contributed by atoms with E-state index in [4.69, 9.17) is 4.74 Å². The van der Waals surface area contributed by atoms with E-state index in [-0.39, 0.29) is 5.56 Å². The molecule has 0 unspecified atom stereocenters. The summed E-state index contributed by atoms with van der Waals surface area (Å²) < 4.78 is 72.7. The Morgan fingerprint density at radius 2 is 1.90 bits per heavy atom. The molecule has 0 bridgehead atoms. The zero-order valence-electron chi connectivity index (χ0n) is 15.7. The fourth-order valence-corrected chi connectivity index (χ4v) is 3.87. The van der Waals surface area contributed by atoms with Gasteiger partial charge in [0, 0.05) is 11.4 Å². The fraction of sp³-hybridized carbons (Fsp3) is 0.312. The van der Waals surface area contributed by atoms with Gasteiger partial charge in [-0.2, -0.15) is 37.9 Å². The Hall–Kier alpha value is -2.71. The molecule has 2 rings (SSSR count). The molecule has 0 aliphatic rings. The number of sulfonamides is 1. The maximum atomic E-state index is 13.8. The first-order valence-electron chi connectivity index (χ1n) is 7.96. The normalized spacial score (nSPS) is 12.4. The number of alkyl halides is 3. The highest BCUT2D eigenvalue weighted by atomic mass is 32.2. The van der Waals surface area contributed by atoms with E-state index in [1.165, 1.54) is 21.5 Å². The molecular formula is C16H16F3N3O6S2. The Morgan fingerprint density at radius 3 is 2.37 bits per heavy atom. The Kier molecular flexibility index (Phi) is 6.44. The SMILES string of the molecule is COc1cc(NC(=O)C(C)(C)O)c(C(F)(F)F)c(S(=O)(=O)NC(=O)c2ccsc2)n1. The third kappa shape index (κ3) is 5.25. The molecule has 0 fully saturated rings. The van der Waals surface area contributed by atoms with Gasteiger partial charge in [-0.05, 0) is 25.3 Å². The van der Waals surface area contributed by atoms with Crippen molar-refractivity contribution in [3.05, 3.63) is 34.0 Å². The number of carbonyl (C=O) groups excluding carboxylic acids is 2. The quantitative estimate of drug-likeness (QED) is 0.591. The van der Waals surface area contributed by atoms with Gasteiger partial charge < -0.3 is 15.2 Å². The molecule has 2 aromatic heterocycles. The van der Waals surface area contributed by atoms with E-state index < -0.39 is 55.8 Å². The average molecular weight is 467 g/mol. The number of carbonyl (C=O) groups is 2. The number of nitrogens with zero attached hydrogens (tertiary/aromatic N) is 1. The van der Waals surface area contributed by atoms with Gasteiger partial charge in [0.2, 0.25) is 5.88 Å². The number of amides is 2. The number of nitrogens with one attached hydrogen (secondary N) is 2. The van der Waals surface area contributed by atoms with E-state index in [2.05, 4.69) is 4.98 Å². The second-order valence-corrected chi connectivity index (χ2v) is 8.73. The molecular weight excluding hydrogens is 451 g/mol. The van der Waals surface area contributed by atoms with E-state index in [0.29, 0.717) is 6.07 Å². The minimum absolute atomic E-state index is 0.0874. The van der Waals surface area contributed by atoms with Gasteiger partial charge in [0.25, 0.3) is 21.8 Å². The van der Waals surface area contributed by atoms with Gasteiger partial charge in [-0.1, -0.05) is 0 Å². The largest absolute Gasteiger partial charge is 0.481 e. The summed E-state index contributed by atoms with van der Waals surface area (Å²) in [5, 5.41) is 12.7. The molecule has 3 N–H and O–H groups in total. The number of rotatable bonds is 6. The molecule has 2 aromatic rings. The van der Waals surface area contributed by atoms with Crippen molar-refractivity contribution in [3.8, 4) is 5.88 Å². The van der Waals surface area contributed by atoms with Gasteiger partial charge >= 0.3 is 6.18 Å². The van der Waals surface area contributed by atoms with E-state index in [1.54, 1.807) is 0 Å². The van der Waals surface area contributed by atoms with Crippen molar-refractivity contribution < 1.29 is 41.0 Å². The number of aliphatic hydroxyl groups is 1. The summed E-state index contributed by atoms with van der Waals surface area (Å²) in [6.45, 7) is 2.04. The van der Waals surface area contributed by atoms with Crippen molar-refractivity contribution in [2.24, 2.45) is 0 Å². The number of halogens is 3. The van der Waals surface area contributed by atoms with E-state index >= 15 is 0 Å². The molecule has 0 saturated heterocycles. The predicted molar refractivity (Wildman–Crippen MR) is 99.7 cm³/mol. The maximum absolute atomic E-state index is 13.8. The molecule has 9 nitrogen and oxygen atoms in total. The Bertz CT molecular complexity index is 1060. The van der Waals surface area contributed by atoms with Crippen LogP contribution in [0.25, 0.3) is 0 Å². The minimum Gasteiger partial charge on any atom is -0.481 e. The molecule has 0 radical (unpaired) electrons. The van der Waals surface area contributed by atoms with Crippen molar-refractivity contribution in [2.45, 2.75) is 30.7 Å². The molecule has 0 aromatic carbocycles. The number of anilines is 1. The highest BCUT2D eigenvalue weighted by Gasteiger charge is 2.43. The standard InChI is InChI=1S/C16H16F3N3O6S2/c1-15(2,25)14(24)20-9-6-10(28-3)21-13(11(9)16(17,18)19)30(26,27)22-12(23)8-4-5-29-7-8/h4-7,25H,1-3H3,(H,22,23)(H,20,21,24). The first kappa shape index (κ1) is 23.6. The Labute approximate surface area is 172 Å². The van der Waals surface area contributed by atoms with E-state index in [9.17, 15) is 36.3 Å². The molecule has 14 heteroatoms. The van der Waals surface area contributed by atoms with E-state index in [0.717, 1.165) is 32.3 Å². The van der Waals surface area contributed by atoms with Crippen LogP contribution in [-0.2, 0) is 21.0 Å². The topological polar surface area (TPSA) is 135 Å². The van der Waals surface area contributed by atoms with Crippen LogP contribution in [0.15, 0.2) is 27.9 Å². The molecule has 164 valence electrons. The molecule has 0 aliphatic carbocycles. The van der Waals surface area contributed by atoms with Crippen LogP contribution in [0, 0.1) is 0 Å². The van der Waals surface area contributed by atoms with Gasteiger partial charge in [0.15, 0.2) is 5.03 Å². The number of methoxy groups -OCH3 is 1. The first-order chi connectivity index (χ1) is 13.7. The van der Waals surface area contributed by atoms with Gasteiger partial charge in [0.05, 0.1) is 18.4 Å². The number of ether oxygens (including phenoxy) is 1. The van der Waals surface area contributed by atoms with Crippen LogP contribution >= 0.6 is 11.3 Å². The lowest BCUT2D eigenvalue weighted by Crippen LogP contribution is -2.38. The number of hydrogen-bond acceptors (Lipinski definition) is 8. The smallest absolute Gasteiger partial charge is 0.421 e. The predicted octanol–water partition coefficient (Wildman–Crippen LogP) is 2.00. The highest BCUT2D eigenvalue weighted by molar-refractivity contribution is 7.90. The van der Waals surface area contributed by atoms with Crippen molar-refractivity contribution >= 4 is 38.9 Å². The number of hydrogen-bond donors (Lipinski definition) is 3. The number of aromatic nitrogens is 1. The van der Waals surface area contributed by atoms with Crippen molar-refractivity contribution in [1.29, 1.82) is 0 Å². The van der Waals surface area contributed by atoms with Crippen molar-refractivity contribution in [1.82, 2.24) is 9.71 Å². The van der Waals surface area contributed by atoms with E-state index in [1.807, 2.05) is 5.32 Å². The van der Waals surface area contributed by atoms with Gasteiger partial charge in [0.1, 0.15) is 11.2 Å². The third-order valence-corrected chi connectivity index (χ3v) is 5.47. The Balaban J connectivity index is 2.66. The molecule has 2 amide bonds. The lowest BCUT2D eigenvalue weighted by atomic mass is 10.1. The van der Waals surface area contributed by atoms with Crippen molar-refractivity contribution in [3.63, 3.8) is 0 Å². The van der Waals surface area contributed by atoms with Crippen molar-refractivity contribution in [2.75, 3.05) is 12.4 Å². The molecule has 0 aliphatic heterocycles. The lowest BCUT2D eigenvalue weighted by molar-refractivity contribution is -0.139. The summed E-state index contributed by atoms with van der Waals surface area (Å²) in [7, 11) is -4.13. The highest BCUT2D eigenvalue weighted by Crippen LogP contribution is 2.40. The van der Waals surface area contributed by atoms with Crippen LogP contribution in [-0.4, -0.2) is 43.0 Å². The summed E-state index contributed by atoms with van der Waals surface area (Å²) in [4.78, 5) is 27.4. The first-order valence-corrected chi connectivity index (χ1v) is 10.4. The summed E-state index contributed by atoms with van der Waals surface area (Å²) in [6.07, 6.45) is -5.31. The lowest BCUT2D eigenvalue weighted by Gasteiger charge is -2.21. The van der Waals surface area contributed by atoms with Crippen LogP contribution in [0.2, 0.25) is 0 Å². The zero-order valence-corrected chi connectivity index (χ0v) is 17.3.